The minimum Gasteiger partial charge on any atom is -0.393 e. The summed E-state index contributed by atoms with van der Waals surface area (Å²) in [4.78, 5) is 30.7. The van der Waals surface area contributed by atoms with Crippen molar-refractivity contribution in [3.05, 3.63) is 30.1 Å². The minimum absolute atomic E-state index is 0.0610. The molecule has 0 bridgehead atoms. The predicted molar refractivity (Wildman–Crippen MR) is 93.5 cm³/mol. The highest BCUT2D eigenvalue weighted by atomic mass is 16.3. The highest BCUT2D eigenvalue weighted by Gasteiger charge is 2.36. The zero-order valence-electron chi connectivity index (χ0n) is 14.6. The average molecular weight is 345 g/mol. The van der Waals surface area contributed by atoms with Gasteiger partial charge in [-0.1, -0.05) is 12.5 Å². The van der Waals surface area contributed by atoms with Gasteiger partial charge >= 0.3 is 0 Å². The summed E-state index contributed by atoms with van der Waals surface area (Å²) in [6.07, 6.45) is 6.78. The van der Waals surface area contributed by atoms with Gasteiger partial charge in [0.25, 0.3) is 0 Å². The molecule has 1 atom stereocenters. The Labute approximate surface area is 148 Å². The van der Waals surface area contributed by atoms with Crippen molar-refractivity contribution < 1.29 is 14.7 Å². The van der Waals surface area contributed by atoms with E-state index in [1.165, 1.54) is 0 Å². The molecule has 6 heteroatoms. The lowest BCUT2D eigenvalue weighted by atomic mass is 9.76. The third-order valence-electron chi connectivity index (χ3n) is 5.22. The van der Waals surface area contributed by atoms with Crippen LogP contribution in [-0.4, -0.2) is 46.0 Å². The van der Waals surface area contributed by atoms with Gasteiger partial charge in [-0.25, -0.2) is 0 Å². The van der Waals surface area contributed by atoms with Gasteiger partial charge in [0.15, 0.2) is 0 Å². The van der Waals surface area contributed by atoms with Crippen LogP contribution in [0.1, 0.15) is 56.7 Å². The van der Waals surface area contributed by atoms with Gasteiger partial charge in [-0.05, 0) is 43.7 Å². The number of aliphatic hydroxyl groups excluding tert-OH is 1. The highest BCUT2D eigenvalue weighted by Crippen LogP contribution is 2.37. The fourth-order valence-electron chi connectivity index (χ4n) is 3.65. The van der Waals surface area contributed by atoms with Gasteiger partial charge in [-0.15, -0.1) is 0 Å². The van der Waals surface area contributed by atoms with E-state index in [4.69, 9.17) is 0 Å². The lowest BCUT2D eigenvalue weighted by Crippen LogP contribution is -2.42. The Morgan fingerprint density at radius 3 is 2.88 bits per heavy atom. The number of pyridine rings is 1. The van der Waals surface area contributed by atoms with Crippen LogP contribution in [0.2, 0.25) is 0 Å². The van der Waals surface area contributed by atoms with Gasteiger partial charge in [0.1, 0.15) is 0 Å². The number of hydrogen-bond donors (Lipinski definition) is 2. The van der Waals surface area contributed by atoms with E-state index in [1.54, 1.807) is 6.20 Å². The quantitative estimate of drug-likeness (QED) is 0.824. The molecule has 1 aromatic rings. The molecule has 2 heterocycles. The summed E-state index contributed by atoms with van der Waals surface area (Å²) < 4.78 is 0. The summed E-state index contributed by atoms with van der Waals surface area (Å²) in [6.45, 7) is 1.23. The van der Waals surface area contributed by atoms with Crippen LogP contribution in [0.25, 0.3) is 0 Å². The van der Waals surface area contributed by atoms with Crippen LogP contribution >= 0.6 is 0 Å². The molecule has 1 saturated carbocycles. The molecule has 1 aliphatic carbocycles. The van der Waals surface area contributed by atoms with Crippen molar-refractivity contribution in [1.29, 1.82) is 0 Å². The molecular weight excluding hydrogens is 318 g/mol. The summed E-state index contributed by atoms with van der Waals surface area (Å²) in [5.41, 5.74) is 0.832. The Bertz CT molecular complexity index is 587. The van der Waals surface area contributed by atoms with Crippen molar-refractivity contribution >= 4 is 11.8 Å². The second kappa shape index (κ2) is 8.43. The standard InChI is InChI=1S/C19H27N3O3/c23-15-12-14(13-15)19(16-6-3-4-9-20-16)21-17(24)8-11-22-10-5-1-2-7-18(22)25/h3-4,6,9,14-15,19,23H,1-2,5,7-8,10-13H2,(H,21,24)/t14?,15?,19-/m1/s1. The van der Waals surface area contributed by atoms with E-state index >= 15 is 0 Å². The Morgan fingerprint density at radius 2 is 2.16 bits per heavy atom. The third kappa shape index (κ3) is 4.78. The number of likely N-dealkylation sites (tertiary alicyclic amines) is 1. The molecule has 6 nitrogen and oxygen atoms in total. The van der Waals surface area contributed by atoms with Crippen molar-refractivity contribution in [2.45, 2.75) is 57.1 Å². The molecule has 0 unspecified atom stereocenters. The molecule has 1 aromatic heterocycles. The van der Waals surface area contributed by atoms with Crippen LogP contribution < -0.4 is 5.32 Å². The van der Waals surface area contributed by atoms with Gasteiger partial charge in [0.2, 0.25) is 11.8 Å². The van der Waals surface area contributed by atoms with E-state index in [0.717, 1.165) is 31.5 Å². The Morgan fingerprint density at radius 1 is 1.32 bits per heavy atom. The number of nitrogens with one attached hydrogen (secondary N) is 1. The number of aliphatic hydroxyl groups is 1. The molecule has 2 N–H and O–H groups in total. The molecule has 2 amide bonds. The van der Waals surface area contributed by atoms with Gasteiger partial charge in [0, 0.05) is 32.1 Å². The molecule has 1 aliphatic heterocycles. The number of hydrogen-bond acceptors (Lipinski definition) is 4. The molecule has 0 radical (unpaired) electrons. The average Bonchev–Trinajstić information content (AvgIpc) is 2.80. The molecule has 2 fully saturated rings. The number of aromatic nitrogens is 1. The third-order valence-corrected chi connectivity index (χ3v) is 5.22. The van der Waals surface area contributed by atoms with Crippen LogP contribution in [0.4, 0.5) is 0 Å². The molecule has 25 heavy (non-hydrogen) atoms. The lowest BCUT2D eigenvalue weighted by Gasteiger charge is -2.37. The largest absolute Gasteiger partial charge is 0.393 e. The fraction of sp³-hybridized carbons (Fsp3) is 0.632. The minimum atomic E-state index is -0.275. The number of rotatable bonds is 6. The molecule has 2 aliphatic rings. The fourth-order valence-corrected chi connectivity index (χ4v) is 3.65. The van der Waals surface area contributed by atoms with Gasteiger partial charge < -0.3 is 15.3 Å². The van der Waals surface area contributed by atoms with Crippen LogP contribution in [0.3, 0.4) is 0 Å². The van der Waals surface area contributed by atoms with Crippen molar-refractivity contribution in [1.82, 2.24) is 15.2 Å². The molecule has 0 aromatic carbocycles. The summed E-state index contributed by atoms with van der Waals surface area (Å²) in [5, 5.41) is 12.7. The van der Waals surface area contributed by atoms with Crippen LogP contribution in [0, 0.1) is 5.92 Å². The van der Waals surface area contributed by atoms with Gasteiger partial charge in [-0.2, -0.15) is 0 Å². The van der Waals surface area contributed by atoms with Gasteiger partial charge in [0.05, 0.1) is 17.8 Å². The molecule has 3 rings (SSSR count). The topological polar surface area (TPSA) is 82.5 Å². The Kier molecular flexibility index (Phi) is 6.02. The van der Waals surface area contributed by atoms with Crippen molar-refractivity contribution in [2.75, 3.05) is 13.1 Å². The second-order valence-corrected chi connectivity index (χ2v) is 7.13. The van der Waals surface area contributed by atoms with E-state index < -0.39 is 0 Å². The van der Waals surface area contributed by atoms with Crippen molar-refractivity contribution in [3.63, 3.8) is 0 Å². The summed E-state index contributed by atoms with van der Waals surface area (Å²) in [7, 11) is 0. The number of carbonyl (C=O) groups is 2. The second-order valence-electron chi connectivity index (χ2n) is 7.13. The smallest absolute Gasteiger partial charge is 0.222 e. The normalized spacial score (nSPS) is 25.0. The van der Waals surface area contributed by atoms with E-state index in [2.05, 4.69) is 10.3 Å². The van der Waals surface area contributed by atoms with Crippen LogP contribution in [0.5, 0.6) is 0 Å². The number of carbonyl (C=O) groups excluding carboxylic acids is 2. The SMILES string of the molecule is O=C(CCN1CCCCCC1=O)N[C@@H](c1ccccn1)C1CC(O)C1. The van der Waals surface area contributed by atoms with Crippen molar-refractivity contribution in [3.8, 4) is 0 Å². The first-order valence-corrected chi connectivity index (χ1v) is 9.29. The lowest BCUT2D eigenvalue weighted by molar-refractivity contribution is -0.131. The van der Waals surface area contributed by atoms with Gasteiger partial charge in [-0.3, -0.25) is 14.6 Å². The first-order chi connectivity index (χ1) is 12.1. The molecule has 136 valence electrons. The Balaban J connectivity index is 1.56. The monoisotopic (exact) mass is 345 g/mol. The summed E-state index contributed by atoms with van der Waals surface area (Å²) in [6, 6.07) is 5.50. The van der Waals surface area contributed by atoms with E-state index in [-0.39, 0.29) is 29.9 Å². The van der Waals surface area contributed by atoms with Crippen LogP contribution in [0.15, 0.2) is 24.4 Å². The maximum Gasteiger partial charge on any atom is 0.222 e. The summed E-state index contributed by atoms with van der Waals surface area (Å²) in [5.74, 6) is 0.316. The molecule has 0 spiro atoms. The van der Waals surface area contributed by atoms with E-state index in [1.807, 2.05) is 23.1 Å². The highest BCUT2D eigenvalue weighted by molar-refractivity contribution is 5.79. The van der Waals surface area contributed by atoms with E-state index in [0.29, 0.717) is 32.2 Å². The van der Waals surface area contributed by atoms with E-state index in [9.17, 15) is 14.7 Å². The zero-order chi connectivity index (χ0) is 17.6. The maximum absolute atomic E-state index is 12.4. The molecular formula is C19H27N3O3. The molecule has 1 saturated heterocycles. The zero-order valence-corrected chi connectivity index (χ0v) is 14.6. The predicted octanol–water partition coefficient (Wildman–Crippen LogP) is 1.80. The first-order valence-electron chi connectivity index (χ1n) is 9.29. The van der Waals surface area contributed by atoms with Crippen LogP contribution in [-0.2, 0) is 9.59 Å². The first kappa shape index (κ1) is 17.9. The maximum atomic E-state index is 12.4. The van der Waals surface area contributed by atoms with Crippen molar-refractivity contribution in [2.24, 2.45) is 5.92 Å². The Hall–Kier alpha value is -1.95. The summed E-state index contributed by atoms with van der Waals surface area (Å²) >= 11 is 0. The number of nitrogens with zero attached hydrogens (tertiary/aromatic N) is 2. The number of amides is 2.